The number of hydrogen-bond donors (Lipinski definition) is 1. The van der Waals surface area contributed by atoms with Crippen molar-refractivity contribution < 1.29 is 4.39 Å². The first-order valence-electron chi connectivity index (χ1n) is 8.35. The van der Waals surface area contributed by atoms with Gasteiger partial charge in [0.25, 0.3) is 0 Å². The van der Waals surface area contributed by atoms with Gasteiger partial charge in [0.1, 0.15) is 5.82 Å². The fourth-order valence-corrected chi connectivity index (χ4v) is 3.27. The fraction of sp³-hybridized carbons (Fsp3) is 0.0526. The van der Waals surface area contributed by atoms with Crippen LogP contribution in [0.25, 0.3) is 27.9 Å². The van der Waals surface area contributed by atoms with Crippen LogP contribution in [0.3, 0.4) is 0 Å². The lowest BCUT2D eigenvalue weighted by Gasteiger charge is -2.21. The molecule has 0 bridgehead atoms. The number of fused-ring (bicyclic) bond motifs is 3. The van der Waals surface area contributed by atoms with Crippen molar-refractivity contribution in [2.45, 2.75) is 0 Å². The molecular formula is C19H14FN7. The third kappa shape index (κ3) is 2.42. The minimum Gasteiger partial charge on any atom is -0.325 e. The van der Waals surface area contributed by atoms with Crippen molar-refractivity contribution in [2.24, 2.45) is 0 Å². The number of tetrazole rings is 1. The van der Waals surface area contributed by atoms with Gasteiger partial charge in [0, 0.05) is 18.8 Å². The summed E-state index contributed by atoms with van der Waals surface area (Å²) >= 11 is 0. The summed E-state index contributed by atoms with van der Waals surface area (Å²) in [5.41, 5.74) is 3.84. The fourth-order valence-electron chi connectivity index (χ4n) is 3.27. The van der Waals surface area contributed by atoms with Crippen LogP contribution in [0.1, 0.15) is 0 Å². The Morgan fingerprint density at radius 3 is 2.74 bits per heavy atom. The van der Waals surface area contributed by atoms with Crippen LogP contribution >= 0.6 is 0 Å². The molecule has 8 heteroatoms. The van der Waals surface area contributed by atoms with Crippen LogP contribution < -0.4 is 4.90 Å². The third-order valence-electron chi connectivity index (χ3n) is 4.57. The van der Waals surface area contributed by atoms with Crippen molar-refractivity contribution in [3.8, 4) is 11.4 Å². The molecule has 0 aliphatic carbocycles. The number of hydrogen-bond acceptors (Lipinski definition) is 5. The van der Waals surface area contributed by atoms with E-state index in [2.05, 4.69) is 20.6 Å². The molecule has 0 radical (unpaired) electrons. The quantitative estimate of drug-likeness (QED) is 0.533. The molecule has 3 aromatic heterocycles. The standard InChI is InChI=1S/C19H14FN7/c1-26(15-6-3-2-5-13(15)20)19-17-7-4-10-27(17)16-9-8-12(11-14(16)21-19)18-22-24-25-23-18/h2-11H,1H3,(H,22,23,24,25). The maximum atomic E-state index is 14.3. The van der Waals surface area contributed by atoms with Crippen LogP contribution in [-0.4, -0.2) is 37.1 Å². The minimum absolute atomic E-state index is 0.299. The van der Waals surface area contributed by atoms with Crippen LogP contribution in [0, 0.1) is 5.82 Å². The number of para-hydroxylation sites is 1. The number of rotatable bonds is 3. The summed E-state index contributed by atoms with van der Waals surface area (Å²) in [7, 11) is 1.81. The van der Waals surface area contributed by atoms with Gasteiger partial charge >= 0.3 is 0 Å². The van der Waals surface area contributed by atoms with E-state index in [0.717, 1.165) is 22.1 Å². The van der Waals surface area contributed by atoms with Gasteiger partial charge in [0.15, 0.2) is 5.82 Å². The largest absolute Gasteiger partial charge is 0.325 e. The highest BCUT2D eigenvalue weighted by Gasteiger charge is 2.16. The molecule has 5 aromatic rings. The second-order valence-corrected chi connectivity index (χ2v) is 6.15. The van der Waals surface area contributed by atoms with Gasteiger partial charge < -0.3 is 9.30 Å². The minimum atomic E-state index is -0.299. The molecule has 3 heterocycles. The molecule has 1 N–H and O–H groups in total. The Morgan fingerprint density at radius 2 is 1.93 bits per heavy atom. The first kappa shape index (κ1) is 15.4. The van der Waals surface area contributed by atoms with Crippen LogP contribution in [-0.2, 0) is 0 Å². The molecule has 0 saturated carbocycles. The SMILES string of the molecule is CN(c1ccccc1F)c1nc2cc(-c3nn[nH]n3)ccc2n2cccc12. The number of halogens is 1. The normalized spacial score (nSPS) is 11.3. The molecule has 0 amide bonds. The zero-order valence-corrected chi connectivity index (χ0v) is 14.3. The van der Waals surface area contributed by atoms with Crippen LogP contribution in [0.4, 0.5) is 15.9 Å². The Bertz CT molecular complexity index is 1260. The third-order valence-corrected chi connectivity index (χ3v) is 4.57. The number of aromatic amines is 1. The molecule has 0 aliphatic heterocycles. The lowest BCUT2D eigenvalue weighted by molar-refractivity contribution is 0.627. The molecule has 0 aliphatic rings. The van der Waals surface area contributed by atoms with Crippen molar-refractivity contribution >= 4 is 28.1 Å². The van der Waals surface area contributed by atoms with E-state index in [-0.39, 0.29) is 5.82 Å². The van der Waals surface area contributed by atoms with Gasteiger partial charge in [-0.25, -0.2) is 9.37 Å². The molecule has 0 fully saturated rings. The molecule has 7 nitrogen and oxygen atoms in total. The Kier molecular flexibility index (Phi) is 3.36. The van der Waals surface area contributed by atoms with Gasteiger partial charge in [0.05, 0.1) is 22.2 Å². The van der Waals surface area contributed by atoms with Crippen molar-refractivity contribution in [3.63, 3.8) is 0 Å². The Hall–Kier alpha value is -3.81. The lowest BCUT2D eigenvalue weighted by atomic mass is 10.2. The predicted molar refractivity (Wildman–Crippen MR) is 100 cm³/mol. The predicted octanol–water partition coefficient (Wildman–Crippen LogP) is 3.57. The van der Waals surface area contributed by atoms with Gasteiger partial charge in [-0.05, 0) is 47.7 Å². The van der Waals surface area contributed by atoms with E-state index in [4.69, 9.17) is 4.98 Å². The molecule has 0 spiro atoms. The summed E-state index contributed by atoms with van der Waals surface area (Å²) in [6.07, 6.45) is 1.96. The monoisotopic (exact) mass is 359 g/mol. The Balaban J connectivity index is 1.75. The van der Waals surface area contributed by atoms with Crippen molar-refractivity contribution in [1.29, 1.82) is 0 Å². The second kappa shape index (κ2) is 5.87. The average Bonchev–Trinajstić information content (AvgIpc) is 3.39. The number of aromatic nitrogens is 6. The van der Waals surface area contributed by atoms with E-state index < -0.39 is 0 Å². The van der Waals surface area contributed by atoms with Gasteiger partial charge in [0.2, 0.25) is 5.82 Å². The van der Waals surface area contributed by atoms with Gasteiger partial charge in [-0.2, -0.15) is 5.21 Å². The molecule has 132 valence electrons. The van der Waals surface area contributed by atoms with Crippen LogP contribution in [0.15, 0.2) is 60.8 Å². The summed E-state index contributed by atoms with van der Waals surface area (Å²) in [4.78, 5) is 6.57. The van der Waals surface area contributed by atoms with Gasteiger partial charge in [-0.3, -0.25) is 0 Å². The van der Waals surface area contributed by atoms with Gasteiger partial charge in [-0.1, -0.05) is 12.1 Å². The zero-order chi connectivity index (χ0) is 18.4. The Morgan fingerprint density at radius 1 is 1.04 bits per heavy atom. The number of nitrogens with zero attached hydrogens (tertiary/aromatic N) is 6. The topological polar surface area (TPSA) is 75.0 Å². The van der Waals surface area contributed by atoms with Crippen LogP contribution in [0.5, 0.6) is 0 Å². The average molecular weight is 359 g/mol. The highest BCUT2D eigenvalue weighted by atomic mass is 19.1. The molecule has 0 unspecified atom stereocenters. The first-order valence-corrected chi connectivity index (χ1v) is 8.35. The van der Waals surface area contributed by atoms with Crippen molar-refractivity contribution in [3.05, 3.63) is 66.6 Å². The van der Waals surface area contributed by atoms with E-state index in [1.807, 2.05) is 48.0 Å². The number of anilines is 2. The summed E-state index contributed by atoms with van der Waals surface area (Å²) in [5, 5.41) is 14.1. The van der Waals surface area contributed by atoms with Crippen molar-refractivity contribution in [1.82, 2.24) is 30.0 Å². The van der Waals surface area contributed by atoms with Gasteiger partial charge in [-0.15, -0.1) is 10.2 Å². The molecule has 27 heavy (non-hydrogen) atoms. The second-order valence-electron chi connectivity index (χ2n) is 6.15. The maximum Gasteiger partial charge on any atom is 0.204 e. The van der Waals surface area contributed by atoms with Crippen molar-refractivity contribution in [2.75, 3.05) is 11.9 Å². The first-order chi connectivity index (χ1) is 13.2. The number of H-pyrrole nitrogens is 1. The molecule has 5 rings (SSSR count). The summed E-state index contributed by atoms with van der Waals surface area (Å²) in [5.74, 6) is 0.852. The summed E-state index contributed by atoms with van der Waals surface area (Å²) in [6, 6.07) is 16.4. The molecular weight excluding hydrogens is 345 g/mol. The Labute approximate surface area is 153 Å². The molecule has 0 atom stereocenters. The van der Waals surface area contributed by atoms with E-state index in [1.54, 1.807) is 23.1 Å². The smallest absolute Gasteiger partial charge is 0.204 e. The highest BCUT2D eigenvalue weighted by molar-refractivity contribution is 5.89. The van der Waals surface area contributed by atoms with E-state index in [9.17, 15) is 4.39 Å². The zero-order valence-electron chi connectivity index (χ0n) is 14.3. The maximum absolute atomic E-state index is 14.3. The van der Waals surface area contributed by atoms with E-state index in [0.29, 0.717) is 17.3 Å². The number of nitrogens with one attached hydrogen (secondary N) is 1. The summed E-state index contributed by atoms with van der Waals surface area (Å²) < 4.78 is 16.3. The summed E-state index contributed by atoms with van der Waals surface area (Å²) in [6.45, 7) is 0. The van der Waals surface area contributed by atoms with E-state index >= 15 is 0 Å². The van der Waals surface area contributed by atoms with E-state index in [1.165, 1.54) is 6.07 Å². The molecule has 0 saturated heterocycles. The highest BCUT2D eigenvalue weighted by Crippen LogP contribution is 2.31. The molecule has 2 aromatic carbocycles. The lowest BCUT2D eigenvalue weighted by Crippen LogP contribution is -2.14. The van der Waals surface area contributed by atoms with Crippen LogP contribution in [0.2, 0.25) is 0 Å². The number of benzene rings is 2.